The van der Waals surface area contributed by atoms with E-state index in [0.29, 0.717) is 17.2 Å². The van der Waals surface area contributed by atoms with Gasteiger partial charge in [-0.25, -0.2) is 0 Å². The van der Waals surface area contributed by atoms with E-state index in [1.54, 1.807) is 30.3 Å². The summed E-state index contributed by atoms with van der Waals surface area (Å²) in [4.78, 5) is 27.5. The minimum atomic E-state index is -0.522. The van der Waals surface area contributed by atoms with Crippen molar-refractivity contribution in [1.29, 1.82) is 0 Å². The molecule has 4 aromatic rings. The molecule has 2 amide bonds. The summed E-state index contributed by atoms with van der Waals surface area (Å²) in [5, 5.41) is 2.67. The standard InChI is InChI=1S/C30H22N2O3S/c1-20-8-5-6-13-26(20)22-10-7-9-21(18-22)19-27-28(33)31-30(36)32(29(27)34)23-14-16-25(17-15-23)35-24-11-3-2-4-12-24/h2-19H,1H3,(H,31,33,36)/b27-19+. The summed E-state index contributed by atoms with van der Waals surface area (Å²) in [5.41, 5.74) is 4.53. The molecule has 176 valence electrons. The number of hydrogen-bond donors (Lipinski definition) is 1. The average Bonchev–Trinajstić information content (AvgIpc) is 2.88. The number of ether oxygens (including phenoxy) is 1. The molecular weight excluding hydrogens is 468 g/mol. The van der Waals surface area contributed by atoms with E-state index >= 15 is 0 Å². The normalized spacial score (nSPS) is 14.6. The molecule has 1 saturated heterocycles. The van der Waals surface area contributed by atoms with Crippen LogP contribution in [-0.2, 0) is 9.59 Å². The number of thiocarbonyl (C=S) groups is 1. The summed E-state index contributed by atoms with van der Waals surface area (Å²) in [6.07, 6.45) is 1.60. The molecule has 0 atom stereocenters. The summed E-state index contributed by atoms with van der Waals surface area (Å²) in [6, 6.07) is 32.2. The highest BCUT2D eigenvalue weighted by molar-refractivity contribution is 7.80. The fraction of sp³-hybridized carbons (Fsp3) is 0.0333. The van der Waals surface area contributed by atoms with E-state index in [-0.39, 0.29) is 10.7 Å². The first-order valence-corrected chi connectivity index (χ1v) is 11.8. The second-order valence-corrected chi connectivity index (χ2v) is 8.69. The predicted molar refractivity (Wildman–Crippen MR) is 146 cm³/mol. The Hall–Kier alpha value is -4.55. The zero-order chi connectivity index (χ0) is 25.1. The monoisotopic (exact) mass is 490 g/mol. The number of hydrogen-bond acceptors (Lipinski definition) is 4. The zero-order valence-electron chi connectivity index (χ0n) is 19.5. The van der Waals surface area contributed by atoms with E-state index in [1.165, 1.54) is 4.90 Å². The van der Waals surface area contributed by atoms with Crippen LogP contribution in [0.4, 0.5) is 5.69 Å². The Morgan fingerprint density at radius 1 is 0.806 bits per heavy atom. The lowest BCUT2D eigenvalue weighted by Crippen LogP contribution is -2.54. The van der Waals surface area contributed by atoms with Crippen LogP contribution in [0, 0.1) is 6.92 Å². The van der Waals surface area contributed by atoms with E-state index in [9.17, 15) is 9.59 Å². The number of nitrogens with zero attached hydrogens (tertiary/aromatic N) is 1. The van der Waals surface area contributed by atoms with Gasteiger partial charge in [-0.3, -0.25) is 19.8 Å². The molecule has 1 aliphatic heterocycles. The van der Waals surface area contributed by atoms with E-state index in [4.69, 9.17) is 17.0 Å². The van der Waals surface area contributed by atoms with Gasteiger partial charge in [0.15, 0.2) is 5.11 Å². The minimum Gasteiger partial charge on any atom is -0.457 e. The Labute approximate surface area is 214 Å². The van der Waals surface area contributed by atoms with Gasteiger partial charge in [-0.2, -0.15) is 0 Å². The molecule has 0 saturated carbocycles. The lowest BCUT2D eigenvalue weighted by molar-refractivity contribution is -0.122. The Bertz CT molecular complexity index is 1490. The second-order valence-electron chi connectivity index (χ2n) is 8.31. The molecule has 1 aliphatic rings. The molecule has 1 fully saturated rings. The first-order chi connectivity index (χ1) is 17.5. The number of carbonyl (C=O) groups excluding carboxylic acids is 2. The molecule has 5 nitrogen and oxygen atoms in total. The molecule has 1 heterocycles. The van der Waals surface area contributed by atoms with Gasteiger partial charge in [0, 0.05) is 0 Å². The fourth-order valence-corrected chi connectivity index (χ4v) is 4.32. The second kappa shape index (κ2) is 9.98. The van der Waals surface area contributed by atoms with Gasteiger partial charge in [-0.1, -0.05) is 60.7 Å². The van der Waals surface area contributed by atoms with Crippen LogP contribution in [0.3, 0.4) is 0 Å². The van der Waals surface area contributed by atoms with Gasteiger partial charge in [0.1, 0.15) is 17.1 Å². The third-order valence-corrected chi connectivity index (χ3v) is 6.11. The molecule has 1 N–H and O–H groups in total. The van der Waals surface area contributed by atoms with Gasteiger partial charge < -0.3 is 4.74 Å². The van der Waals surface area contributed by atoms with Gasteiger partial charge >= 0.3 is 0 Å². The fourth-order valence-electron chi connectivity index (χ4n) is 4.04. The summed E-state index contributed by atoms with van der Waals surface area (Å²) >= 11 is 5.33. The van der Waals surface area contributed by atoms with Gasteiger partial charge in [-0.05, 0) is 89.9 Å². The number of amides is 2. The van der Waals surface area contributed by atoms with Crippen molar-refractivity contribution >= 4 is 40.9 Å². The van der Waals surface area contributed by atoms with Crippen molar-refractivity contribution in [2.24, 2.45) is 0 Å². The first kappa shape index (κ1) is 23.2. The topological polar surface area (TPSA) is 58.6 Å². The number of rotatable bonds is 5. The number of nitrogens with one attached hydrogen (secondary N) is 1. The largest absolute Gasteiger partial charge is 0.457 e. The van der Waals surface area contributed by atoms with Crippen molar-refractivity contribution in [3.8, 4) is 22.6 Å². The van der Waals surface area contributed by atoms with Gasteiger partial charge in [0.2, 0.25) is 0 Å². The van der Waals surface area contributed by atoms with Crippen LogP contribution in [0.1, 0.15) is 11.1 Å². The third kappa shape index (κ3) is 4.80. The van der Waals surface area contributed by atoms with Crippen LogP contribution >= 0.6 is 12.2 Å². The Kier molecular flexibility index (Phi) is 6.43. The maximum Gasteiger partial charge on any atom is 0.270 e. The average molecular weight is 491 g/mol. The van der Waals surface area contributed by atoms with Gasteiger partial charge in [0.05, 0.1) is 5.69 Å². The highest BCUT2D eigenvalue weighted by Gasteiger charge is 2.34. The number of para-hydroxylation sites is 1. The van der Waals surface area contributed by atoms with E-state index < -0.39 is 11.8 Å². The third-order valence-electron chi connectivity index (χ3n) is 5.83. The molecule has 5 rings (SSSR count). The molecule has 36 heavy (non-hydrogen) atoms. The Morgan fingerprint density at radius 2 is 1.50 bits per heavy atom. The quantitative estimate of drug-likeness (QED) is 0.203. The lowest BCUT2D eigenvalue weighted by Gasteiger charge is -2.29. The van der Waals surface area contributed by atoms with Crippen molar-refractivity contribution in [3.63, 3.8) is 0 Å². The number of benzene rings is 4. The lowest BCUT2D eigenvalue weighted by atomic mass is 9.98. The van der Waals surface area contributed by atoms with Gasteiger partial charge in [-0.15, -0.1) is 0 Å². The van der Waals surface area contributed by atoms with Crippen molar-refractivity contribution < 1.29 is 14.3 Å². The number of carbonyl (C=O) groups is 2. The summed E-state index contributed by atoms with van der Waals surface area (Å²) in [6.45, 7) is 2.05. The van der Waals surface area contributed by atoms with Crippen molar-refractivity contribution in [2.45, 2.75) is 6.92 Å². The highest BCUT2D eigenvalue weighted by atomic mass is 32.1. The number of anilines is 1. The highest BCUT2D eigenvalue weighted by Crippen LogP contribution is 2.28. The maximum absolute atomic E-state index is 13.4. The SMILES string of the molecule is Cc1ccccc1-c1cccc(/C=C2\C(=O)NC(=S)N(c3ccc(Oc4ccccc4)cc3)C2=O)c1. The summed E-state index contributed by atoms with van der Waals surface area (Å²) in [5.74, 6) is 0.321. The zero-order valence-corrected chi connectivity index (χ0v) is 20.3. The Balaban J connectivity index is 1.42. The van der Waals surface area contributed by atoms with Crippen molar-refractivity contribution in [1.82, 2.24) is 5.32 Å². The molecule has 0 aromatic heterocycles. The molecular formula is C30H22N2O3S. The van der Waals surface area contributed by atoms with Crippen molar-refractivity contribution in [2.75, 3.05) is 4.90 Å². The molecule has 0 bridgehead atoms. The molecule has 6 heteroatoms. The molecule has 0 radical (unpaired) electrons. The van der Waals surface area contributed by atoms with Crippen LogP contribution in [0.5, 0.6) is 11.5 Å². The summed E-state index contributed by atoms with van der Waals surface area (Å²) < 4.78 is 5.83. The molecule has 0 unspecified atom stereocenters. The molecule has 0 spiro atoms. The van der Waals surface area contributed by atoms with Crippen LogP contribution in [0.15, 0.2) is 109 Å². The smallest absolute Gasteiger partial charge is 0.270 e. The predicted octanol–water partition coefficient (Wildman–Crippen LogP) is 6.29. The number of aryl methyl sites for hydroxylation is 1. The van der Waals surface area contributed by atoms with E-state index in [2.05, 4.69) is 5.32 Å². The van der Waals surface area contributed by atoms with Crippen LogP contribution < -0.4 is 15.0 Å². The first-order valence-electron chi connectivity index (χ1n) is 11.4. The van der Waals surface area contributed by atoms with E-state index in [1.807, 2.05) is 85.8 Å². The van der Waals surface area contributed by atoms with Crippen molar-refractivity contribution in [3.05, 3.63) is 120 Å². The summed E-state index contributed by atoms with van der Waals surface area (Å²) in [7, 11) is 0. The van der Waals surface area contributed by atoms with E-state index in [0.717, 1.165) is 22.3 Å². The van der Waals surface area contributed by atoms with Crippen LogP contribution in [0.2, 0.25) is 0 Å². The maximum atomic E-state index is 13.4. The molecule has 0 aliphatic carbocycles. The van der Waals surface area contributed by atoms with Gasteiger partial charge in [0.25, 0.3) is 11.8 Å². The van der Waals surface area contributed by atoms with Crippen LogP contribution in [0.25, 0.3) is 17.2 Å². The van der Waals surface area contributed by atoms with Crippen LogP contribution in [-0.4, -0.2) is 16.9 Å². The minimum absolute atomic E-state index is 0.00939. The molecule has 4 aromatic carbocycles. The Morgan fingerprint density at radius 3 is 2.25 bits per heavy atom.